The second-order valence-electron chi connectivity index (χ2n) is 3.91. The molecule has 1 saturated heterocycles. The van der Waals surface area contributed by atoms with E-state index >= 15 is 0 Å². The Morgan fingerprint density at radius 2 is 2.21 bits per heavy atom. The largest absolute Gasteiger partial charge is 0.336 e. The molecule has 4 heteroatoms. The molecule has 82 valence electrons. The van der Waals surface area contributed by atoms with E-state index in [4.69, 9.17) is 0 Å². The van der Waals surface area contributed by atoms with E-state index in [9.17, 15) is 4.79 Å². The summed E-state index contributed by atoms with van der Waals surface area (Å²) < 4.78 is 0. The van der Waals surface area contributed by atoms with Crippen molar-refractivity contribution in [2.24, 2.45) is 0 Å². The van der Waals surface area contributed by atoms with Crippen molar-refractivity contribution in [3.05, 3.63) is 0 Å². The molecule has 1 amide bonds. The minimum atomic E-state index is 0.276. The van der Waals surface area contributed by atoms with Crippen LogP contribution in [0.2, 0.25) is 0 Å². The summed E-state index contributed by atoms with van der Waals surface area (Å²) in [6.07, 6.45) is 0.615. The van der Waals surface area contributed by atoms with Gasteiger partial charge >= 0.3 is 0 Å². The summed E-state index contributed by atoms with van der Waals surface area (Å²) >= 11 is 0. The molecule has 4 nitrogen and oxygen atoms in total. The van der Waals surface area contributed by atoms with Gasteiger partial charge in [-0.2, -0.15) is 0 Å². The minimum Gasteiger partial charge on any atom is -0.336 e. The molecule has 1 rings (SSSR count). The number of carbonyl (C=O) groups excluding carboxylic acids is 1. The van der Waals surface area contributed by atoms with Crippen LogP contribution in [0, 0.1) is 0 Å². The van der Waals surface area contributed by atoms with Crippen LogP contribution in [0.5, 0.6) is 0 Å². The van der Waals surface area contributed by atoms with Crippen molar-refractivity contribution in [3.63, 3.8) is 0 Å². The third-order valence-corrected chi connectivity index (χ3v) is 2.75. The first-order valence-electron chi connectivity index (χ1n) is 5.31. The number of nitrogens with zero attached hydrogens (tertiary/aromatic N) is 2. The molecule has 0 aliphatic carbocycles. The Hall–Kier alpha value is -0.610. The van der Waals surface area contributed by atoms with Crippen molar-refractivity contribution in [3.8, 4) is 0 Å². The second-order valence-corrected chi connectivity index (χ2v) is 3.91. The zero-order chi connectivity index (χ0) is 10.6. The summed E-state index contributed by atoms with van der Waals surface area (Å²) in [5.41, 5.74) is 0. The molecule has 0 radical (unpaired) electrons. The van der Waals surface area contributed by atoms with Crippen LogP contribution >= 0.6 is 0 Å². The minimum absolute atomic E-state index is 0.276. The topological polar surface area (TPSA) is 35.6 Å². The summed E-state index contributed by atoms with van der Waals surface area (Å²) in [6.45, 7) is 5.65. The van der Waals surface area contributed by atoms with Gasteiger partial charge in [0.1, 0.15) is 0 Å². The van der Waals surface area contributed by atoms with Crippen LogP contribution in [-0.2, 0) is 4.79 Å². The van der Waals surface area contributed by atoms with Gasteiger partial charge in [-0.1, -0.05) is 6.92 Å². The number of hydrogen-bond donors (Lipinski definition) is 1. The molecule has 14 heavy (non-hydrogen) atoms. The van der Waals surface area contributed by atoms with Crippen LogP contribution in [0.3, 0.4) is 0 Å². The third kappa shape index (κ3) is 2.69. The summed E-state index contributed by atoms with van der Waals surface area (Å²) in [6, 6.07) is 0.339. The summed E-state index contributed by atoms with van der Waals surface area (Å²) in [4.78, 5) is 15.9. The highest BCUT2D eigenvalue weighted by atomic mass is 16.2. The van der Waals surface area contributed by atoms with Crippen molar-refractivity contribution in [2.45, 2.75) is 19.4 Å². The average Bonchev–Trinajstić information content (AvgIpc) is 2.17. The van der Waals surface area contributed by atoms with Gasteiger partial charge in [-0.25, -0.2) is 0 Å². The molecule has 1 fully saturated rings. The number of hydrogen-bond acceptors (Lipinski definition) is 3. The molecule has 1 aliphatic heterocycles. The van der Waals surface area contributed by atoms with E-state index in [2.05, 4.69) is 17.3 Å². The van der Waals surface area contributed by atoms with Crippen molar-refractivity contribution >= 4 is 5.91 Å². The lowest BCUT2D eigenvalue weighted by molar-refractivity contribution is -0.135. The Balaban J connectivity index is 2.57. The Morgan fingerprint density at radius 3 is 2.79 bits per heavy atom. The fraction of sp³-hybridized carbons (Fsp3) is 0.900. The normalized spacial score (nSPS) is 23.9. The zero-order valence-corrected chi connectivity index (χ0v) is 9.42. The van der Waals surface area contributed by atoms with Crippen LogP contribution in [-0.4, -0.2) is 62.0 Å². The van der Waals surface area contributed by atoms with Crippen molar-refractivity contribution in [1.82, 2.24) is 15.1 Å². The van der Waals surface area contributed by atoms with E-state index in [0.29, 0.717) is 12.5 Å². The number of piperazine rings is 1. The number of nitrogens with one attached hydrogen (secondary N) is 1. The smallest absolute Gasteiger partial charge is 0.222 e. The number of rotatable bonds is 3. The molecule has 0 bridgehead atoms. The molecule has 0 saturated carbocycles. The monoisotopic (exact) mass is 199 g/mol. The number of carbonyl (C=O) groups is 1. The van der Waals surface area contributed by atoms with Gasteiger partial charge in [0.05, 0.1) is 6.04 Å². The molecule has 0 spiro atoms. The van der Waals surface area contributed by atoms with Crippen LogP contribution in [0.15, 0.2) is 0 Å². The standard InChI is InChI=1S/C10H21N3O/c1-4-10(14)13-6-5-12(3)8-9(13)7-11-2/h9,11H,4-8H2,1-3H3. The summed E-state index contributed by atoms with van der Waals surface area (Å²) in [5, 5.41) is 3.15. The zero-order valence-electron chi connectivity index (χ0n) is 9.42. The van der Waals surface area contributed by atoms with E-state index in [1.165, 1.54) is 0 Å². The third-order valence-electron chi connectivity index (χ3n) is 2.75. The maximum Gasteiger partial charge on any atom is 0.222 e. The first-order chi connectivity index (χ1) is 6.69. The van der Waals surface area contributed by atoms with Gasteiger partial charge in [0.25, 0.3) is 0 Å². The second kappa shape index (κ2) is 5.32. The van der Waals surface area contributed by atoms with Gasteiger partial charge < -0.3 is 15.1 Å². The van der Waals surface area contributed by atoms with Crippen LogP contribution in [0.1, 0.15) is 13.3 Å². The molecule has 1 heterocycles. The molecular weight excluding hydrogens is 178 g/mol. The summed E-state index contributed by atoms with van der Waals surface area (Å²) in [7, 11) is 4.04. The average molecular weight is 199 g/mol. The molecule has 1 unspecified atom stereocenters. The quantitative estimate of drug-likeness (QED) is 0.681. The maximum atomic E-state index is 11.6. The maximum absolute atomic E-state index is 11.6. The molecule has 1 aliphatic rings. The van der Waals surface area contributed by atoms with E-state index in [1.54, 1.807) is 0 Å². The Labute approximate surface area is 86.2 Å². The molecule has 1 atom stereocenters. The highest BCUT2D eigenvalue weighted by Gasteiger charge is 2.27. The number of likely N-dealkylation sites (N-methyl/N-ethyl adjacent to an activating group) is 2. The van der Waals surface area contributed by atoms with E-state index in [-0.39, 0.29) is 5.91 Å². The SMILES string of the molecule is CCC(=O)N1CCN(C)CC1CNC. The van der Waals surface area contributed by atoms with Crippen molar-refractivity contribution < 1.29 is 4.79 Å². The van der Waals surface area contributed by atoms with Gasteiger partial charge in [-0.15, -0.1) is 0 Å². The fourth-order valence-corrected chi connectivity index (χ4v) is 1.95. The predicted octanol–water partition coefficient (Wildman–Crippen LogP) is -0.242. The Bertz CT molecular complexity index is 196. The number of amides is 1. The lowest BCUT2D eigenvalue weighted by Gasteiger charge is -2.40. The predicted molar refractivity (Wildman–Crippen MR) is 57.2 cm³/mol. The van der Waals surface area contributed by atoms with E-state index < -0.39 is 0 Å². The van der Waals surface area contributed by atoms with E-state index in [0.717, 1.165) is 26.2 Å². The van der Waals surface area contributed by atoms with E-state index in [1.807, 2.05) is 18.9 Å². The molecule has 0 aromatic carbocycles. The van der Waals surface area contributed by atoms with Crippen LogP contribution < -0.4 is 5.32 Å². The lowest BCUT2D eigenvalue weighted by atomic mass is 10.1. The van der Waals surface area contributed by atoms with Crippen molar-refractivity contribution in [2.75, 3.05) is 40.3 Å². The van der Waals surface area contributed by atoms with Gasteiger partial charge in [-0.3, -0.25) is 4.79 Å². The summed E-state index contributed by atoms with van der Waals surface area (Å²) in [5.74, 6) is 0.276. The first-order valence-corrected chi connectivity index (χ1v) is 5.31. The van der Waals surface area contributed by atoms with Gasteiger partial charge in [0.15, 0.2) is 0 Å². The first kappa shape index (κ1) is 11.5. The highest BCUT2D eigenvalue weighted by Crippen LogP contribution is 2.09. The molecule has 0 aromatic heterocycles. The van der Waals surface area contributed by atoms with Crippen LogP contribution in [0.25, 0.3) is 0 Å². The van der Waals surface area contributed by atoms with Gasteiger partial charge in [0, 0.05) is 32.6 Å². The van der Waals surface area contributed by atoms with Gasteiger partial charge in [0.2, 0.25) is 5.91 Å². The Kier molecular flexibility index (Phi) is 4.35. The highest BCUT2D eigenvalue weighted by molar-refractivity contribution is 5.76. The van der Waals surface area contributed by atoms with Gasteiger partial charge in [-0.05, 0) is 14.1 Å². The van der Waals surface area contributed by atoms with Crippen LogP contribution in [0.4, 0.5) is 0 Å². The Morgan fingerprint density at radius 1 is 1.50 bits per heavy atom. The van der Waals surface area contributed by atoms with Crippen molar-refractivity contribution in [1.29, 1.82) is 0 Å². The molecule has 1 N–H and O–H groups in total. The molecule has 0 aromatic rings. The fourth-order valence-electron chi connectivity index (χ4n) is 1.95. The lowest BCUT2D eigenvalue weighted by Crippen LogP contribution is -2.57. The molecular formula is C10H21N3O.